The van der Waals surface area contributed by atoms with E-state index in [0.29, 0.717) is 55.2 Å². The number of rotatable bonds is 2. The van der Waals surface area contributed by atoms with Crippen molar-refractivity contribution < 1.29 is 17.9 Å². The molecule has 0 aliphatic carbocycles. The van der Waals surface area contributed by atoms with Gasteiger partial charge in [0.2, 0.25) is 0 Å². The zero-order valence-electron chi connectivity index (χ0n) is 13.5. The van der Waals surface area contributed by atoms with E-state index >= 15 is 0 Å². The van der Waals surface area contributed by atoms with Crippen molar-refractivity contribution in [1.29, 1.82) is 0 Å². The second-order valence-electron chi connectivity index (χ2n) is 5.84. The van der Waals surface area contributed by atoms with Crippen LogP contribution in [0.25, 0.3) is 22.2 Å². The Morgan fingerprint density at radius 2 is 1.73 bits per heavy atom. The van der Waals surface area contributed by atoms with Crippen molar-refractivity contribution in [2.75, 3.05) is 31.2 Å². The molecule has 8 heteroatoms. The Hall–Kier alpha value is -2.38. The van der Waals surface area contributed by atoms with Crippen LogP contribution in [0, 0.1) is 17.5 Å². The van der Waals surface area contributed by atoms with Crippen LogP contribution in [0.5, 0.6) is 0 Å². The van der Waals surface area contributed by atoms with Gasteiger partial charge in [-0.15, -0.1) is 0 Å². The molecule has 2 aromatic heterocycles. The number of ether oxygens (including phenoxy) is 1. The van der Waals surface area contributed by atoms with E-state index in [0.717, 1.165) is 0 Å². The van der Waals surface area contributed by atoms with Gasteiger partial charge in [0, 0.05) is 42.4 Å². The van der Waals surface area contributed by atoms with Crippen molar-refractivity contribution in [1.82, 2.24) is 9.97 Å². The summed E-state index contributed by atoms with van der Waals surface area (Å²) in [6.07, 6.45) is 1.56. The van der Waals surface area contributed by atoms with E-state index in [1.165, 1.54) is 0 Å². The standard InChI is InChI=1S/C18H13ClF3N3O/c19-17-15(14-12(21)8-10(20)9-13(14)22)16(25-4-6-26-7-5-25)11-2-1-3-23-18(11)24-17/h1-3,8-9H,4-7H2. The highest BCUT2D eigenvalue weighted by Gasteiger charge is 2.27. The van der Waals surface area contributed by atoms with Gasteiger partial charge < -0.3 is 9.64 Å². The summed E-state index contributed by atoms with van der Waals surface area (Å²) in [6, 6.07) is 4.73. The molecule has 3 aromatic rings. The number of morpholine rings is 1. The molecule has 0 amide bonds. The van der Waals surface area contributed by atoms with Crippen LogP contribution in [0.1, 0.15) is 0 Å². The molecule has 134 valence electrons. The number of aromatic nitrogens is 2. The van der Waals surface area contributed by atoms with Gasteiger partial charge in [-0.1, -0.05) is 11.6 Å². The van der Waals surface area contributed by atoms with Crippen LogP contribution in [0.15, 0.2) is 30.5 Å². The van der Waals surface area contributed by atoms with Crippen LogP contribution >= 0.6 is 11.6 Å². The number of anilines is 1. The van der Waals surface area contributed by atoms with Crippen LogP contribution in [0.4, 0.5) is 18.9 Å². The lowest BCUT2D eigenvalue weighted by atomic mass is 10.0. The average molecular weight is 380 g/mol. The molecule has 0 bridgehead atoms. The molecule has 4 nitrogen and oxygen atoms in total. The molecule has 0 N–H and O–H groups in total. The summed E-state index contributed by atoms with van der Waals surface area (Å²) in [4.78, 5) is 10.3. The lowest BCUT2D eigenvalue weighted by Crippen LogP contribution is -2.36. The first-order valence-electron chi connectivity index (χ1n) is 7.98. The number of fused-ring (bicyclic) bond motifs is 1. The summed E-state index contributed by atoms with van der Waals surface area (Å²) in [5.74, 6) is -3.07. The van der Waals surface area contributed by atoms with Crippen LogP contribution < -0.4 is 4.90 Å². The van der Waals surface area contributed by atoms with Gasteiger partial charge in [-0.25, -0.2) is 23.1 Å². The summed E-state index contributed by atoms with van der Waals surface area (Å²) in [6.45, 7) is 1.97. The van der Waals surface area contributed by atoms with Crippen LogP contribution in [0.2, 0.25) is 5.15 Å². The maximum Gasteiger partial charge on any atom is 0.162 e. The summed E-state index contributed by atoms with van der Waals surface area (Å²) in [5.41, 5.74) is 0.562. The fraction of sp³-hybridized carbons (Fsp3) is 0.222. The highest BCUT2D eigenvalue weighted by atomic mass is 35.5. The Labute approximate surface area is 152 Å². The minimum Gasteiger partial charge on any atom is -0.378 e. The van der Waals surface area contributed by atoms with Gasteiger partial charge in [-0.05, 0) is 12.1 Å². The highest BCUT2D eigenvalue weighted by molar-refractivity contribution is 6.34. The lowest BCUT2D eigenvalue weighted by Gasteiger charge is -2.32. The molecule has 0 spiro atoms. The summed E-state index contributed by atoms with van der Waals surface area (Å²) >= 11 is 6.31. The van der Waals surface area contributed by atoms with Crippen molar-refractivity contribution in [3.05, 3.63) is 53.1 Å². The second kappa shape index (κ2) is 6.74. The van der Waals surface area contributed by atoms with Crippen LogP contribution in [-0.4, -0.2) is 36.3 Å². The van der Waals surface area contributed by atoms with Crippen molar-refractivity contribution >= 4 is 28.3 Å². The number of pyridine rings is 2. The van der Waals surface area contributed by atoms with E-state index < -0.39 is 23.0 Å². The van der Waals surface area contributed by atoms with Crippen molar-refractivity contribution in [2.45, 2.75) is 0 Å². The maximum absolute atomic E-state index is 14.5. The third-order valence-electron chi connectivity index (χ3n) is 4.27. The van der Waals surface area contributed by atoms with E-state index in [1.807, 2.05) is 4.90 Å². The first kappa shape index (κ1) is 17.1. The Morgan fingerprint density at radius 1 is 1.04 bits per heavy atom. The minimum atomic E-state index is -1.04. The molecule has 4 rings (SSSR count). The zero-order chi connectivity index (χ0) is 18.3. The van der Waals surface area contributed by atoms with Gasteiger partial charge in [0.05, 0.1) is 24.5 Å². The minimum absolute atomic E-state index is 0.0871. The Bertz CT molecular complexity index is 970. The smallest absolute Gasteiger partial charge is 0.162 e. The first-order valence-corrected chi connectivity index (χ1v) is 8.36. The topological polar surface area (TPSA) is 38.2 Å². The predicted molar refractivity (Wildman–Crippen MR) is 92.9 cm³/mol. The fourth-order valence-electron chi connectivity index (χ4n) is 3.17. The molecule has 0 radical (unpaired) electrons. The SMILES string of the molecule is Fc1cc(F)c(-c2c(Cl)nc3ncccc3c2N2CCOCC2)c(F)c1. The molecule has 3 heterocycles. The third kappa shape index (κ3) is 2.87. The average Bonchev–Trinajstić information content (AvgIpc) is 2.62. The Balaban J connectivity index is 2.07. The Morgan fingerprint density at radius 3 is 2.42 bits per heavy atom. The molecular weight excluding hydrogens is 367 g/mol. The van der Waals surface area contributed by atoms with Crippen LogP contribution in [0.3, 0.4) is 0 Å². The van der Waals surface area contributed by atoms with Gasteiger partial charge in [-0.3, -0.25) is 0 Å². The normalized spacial score (nSPS) is 14.8. The van der Waals surface area contributed by atoms with Gasteiger partial charge in [-0.2, -0.15) is 0 Å². The lowest BCUT2D eigenvalue weighted by molar-refractivity contribution is 0.123. The van der Waals surface area contributed by atoms with E-state index in [9.17, 15) is 13.2 Å². The number of halogens is 4. The number of benzene rings is 1. The van der Waals surface area contributed by atoms with Crippen molar-refractivity contribution in [2.24, 2.45) is 0 Å². The van der Waals surface area contributed by atoms with E-state index in [2.05, 4.69) is 9.97 Å². The monoisotopic (exact) mass is 379 g/mol. The molecule has 1 aliphatic rings. The van der Waals surface area contributed by atoms with E-state index in [1.54, 1.807) is 18.3 Å². The molecule has 26 heavy (non-hydrogen) atoms. The third-order valence-corrected chi connectivity index (χ3v) is 4.55. The quantitative estimate of drug-likeness (QED) is 0.625. The molecule has 0 saturated carbocycles. The van der Waals surface area contributed by atoms with Crippen molar-refractivity contribution in [3.63, 3.8) is 0 Å². The molecule has 1 saturated heterocycles. The summed E-state index contributed by atoms with van der Waals surface area (Å²) in [7, 11) is 0. The first-order chi connectivity index (χ1) is 12.6. The largest absolute Gasteiger partial charge is 0.378 e. The van der Waals surface area contributed by atoms with E-state index in [4.69, 9.17) is 16.3 Å². The highest BCUT2D eigenvalue weighted by Crippen LogP contribution is 2.43. The predicted octanol–water partition coefficient (Wildman–Crippen LogP) is 4.20. The zero-order valence-corrected chi connectivity index (χ0v) is 14.2. The van der Waals surface area contributed by atoms with Gasteiger partial charge in [0.1, 0.15) is 22.6 Å². The summed E-state index contributed by atoms with van der Waals surface area (Å²) < 4.78 is 47.7. The Kier molecular flexibility index (Phi) is 4.42. The molecule has 0 unspecified atom stereocenters. The number of hydrogen-bond donors (Lipinski definition) is 0. The molecule has 1 aromatic carbocycles. The molecule has 1 aliphatic heterocycles. The van der Waals surface area contributed by atoms with Crippen molar-refractivity contribution in [3.8, 4) is 11.1 Å². The van der Waals surface area contributed by atoms with Gasteiger partial charge >= 0.3 is 0 Å². The fourth-order valence-corrected chi connectivity index (χ4v) is 3.43. The second-order valence-corrected chi connectivity index (χ2v) is 6.20. The molecule has 0 atom stereocenters. The summed E-state index contributed by atoms with van der Waals surface area (Å²) in [5, 5.41) is 0.513. The number of nitrogens with zero attached hydrogens (tertiary/aromatic N) is 3. The molecule has 1 fully saturated rings. The van der Waals surface area contributed by atoms with Gasteiger partial charge in [0.15, 0.2) is 5.65 Å². The van der Waals surface area contributed by atoms with Gasteiger partial charge in [0.25, 0.3) is 0 Å². The van der Waals surface area contributed by atoms with Crippen LogP contribution in [-0.2, 0) is 4.74 Å². The van der Waals surface area contributed by atoms with E-state index in [-0.39, 0.29) is 10.7 Å². The number of hydrogen-bond acceptors (Lipinski definition) is 4. The molecular formula is C18H13ClF3N3O. The maximum atomic E-state index is 14.5.